The van der Waals surface area contributed by atoms with Crippen LogP contribution in [0.1, 0.15) is 44.6 Å². The van der Waals surface area contributed by atoms with Gasteiger partial charge in [0, 0.05) is 30.1 Å². The predicted octanol–water partition coefficient (Wildman–Crippen LogP) is 5.28. The van der Waals surface area contributed by atoms with Gasteiger partial charge in [0.25, 0.3) is 0 Å². The van der Waals surface area contributed by atoms with Crippen molar-refractivity contribution in [1.29, 1.82) is 0 Å². The first-order chi connectivity index (χ1) is 15.4. The first-order valence-electron chi connectivity index (χ1n) is 11.2. The van der Waals surface area contributed by atoms with E-state index in [0.29, 0.717) is 42.8 Å². The molecule has 0 saturated carbocycles. The fourth-order valence-electron chi connectivity index (χ4n) is 4.13. The number of rotatable bonds is 8. The predicted molar refractivity (Wildman–Crippen MR) is 121 cm³/mol. The van der Waals surface area contributed by atoms with Crippen LogP contribution < -0.4 is 0 Å². The second-order valence-corrected chi connectivity index (χ2v) is 8.42. The van der Waals surface area contributed by atoms with Gasteiger partial charge in [-0.15, -0.1) is 0 Å². The Balaban J connectivity index is 1.46. The van der Waals surface area contributed by atoms with E-state index in [1.165, 1.54) is 0 Å². The highest BCUT2D eigenvalue weighted by atomic mass is 35.5. The first-order valence-corrected chi connectivity index (χ1v) is 11.6. The maximum Gasteiger partial charge on any atom is 0.409 e. The van der Waals surface area contributed by atoms with E-state index in [4.69, 9.17) is 25.5 Å². The van der Waals surface area contributed by atoms with Gasteiger partial charge in [0.1, 0.15) is 5.76 Å². The number of hydrogen-bond donors (Lipinski definition) is 0. The van der Waals surface area contributed by atoms with Crippen molar-refractivity contribution in [2.24, 2.45) is 11.8 Å². The number of carbonyl (C=O) groups is 2. The minimum atomic E-state index is -0.327. The Morgan fingerprint density at radius 3 is 2.50 bits per heavy atom. The quantitative estimate of drug-likeness (QED) is 0.496. The molecule has 0 radical (unpaired) electrons. The maximum absolute atomic E-state index is 12.5. The molecule has 7 nitrogen and oxygen atoms in total. The van der Waals surface area contributed by atoms with Crippen LogP contribution in [0.25, 0.3) is 11.5 Å². The number of halogens is 1. The monoisotopic (exact) mass is 462 g/mol. The summed E-state index contributed by atoms with van der Waals surface area (Å²) in [6.45, 7) is 7.47. The Bertz CT molecular complexity index is 904. The number of piperidine rings is 1. The number of hydrogen-bond acceptors (Lipinski definition) is 6. The van der Waals surface area contributed by atoms with Gasteiger partial charge in [0.15, 0.2) is 0 Å². The largest absolute Gasteiger partial charge is 0.466 e. The lowest BCUT2D eigenvalue weighted by Crippen LogP contribution is -2.42. The van der Waals surface area contributed by atoms with E-state index in [-0.39, 0.29) is 30.5 Å². The molecule has 1 aliphatic heterocycles. The van der Waals surface area contributed by atoms with E-state index >= 15 is 0 Å². The molecule has 174 valence electrons. The van der Waals surface area contributed by atoms with Crippen LogP contribution >= 0.6 is 11.6 Å². The number of likely N-dealkylation sites (tertiary alicyclic amines) is 1. The molecule has 1 aromatic carbocycles. The Kier molecular flexibility index (Phi) is 8.56. The molecule has 1 atom stereocenters. The van der Waals surface area contributed by atoms with Gasteiger partial charge < -0.3 is 18.8 Å². The Morgan fingerprint density at radius 1 is 1.19 bits per heavy atom. The fraction of sp³-hybridized carbons (Fsp3) is 0.542. The summed E-state index contributed by atoms with van der Waals surface area (Å²) in [5.41, 5.74) is 1.61. The molecule has 1 saturated heterocycles. The van der Waals surface area contributed by atoms with Crippen LogP contribution in [-0.2, 0) is 20.7 Å². The zero-order chi connectivity index (χ0) is 23.1. The van der Waals surface area contributed by atoms with Crippen molar-refractivity contribution in [2.75, 3.05) is 26.3 Å². The standard InChI is InChI=1S/C24H31ClN2O5/c1-4-20(23(28)30-5-2)17-10-13-27(14-11-17)24(29)31-15-12-21-16(3)32-22(26-21)18-6-8-19(25)9-7-18/h6-9,17,20H,4-5,10-15H2,1-3H3. The van der Waals surface area contributed by atoms with Gasteiger partial charge in [-0.05, 0) is 63.3 Å². The zero-order valence-corrected chi connectivity index (χ0v) is 19.7. The number of carbonyl (C=O) groups excluding carboxylic acids is 2. The first kappa shape index (κ1) is 24.1. The van der Waals surface area contributed by atoms with Gasteiger partial charge in [-0.3, -0.25) is 4.79 Å². The van der Waals surface area contributed by atoms with Crippen LogP contribution in [0.4, 0.5) is 4.79 Å². The number of oxazole rings is 1. The van der Waals surface area contributed by atoms with E-state index in [0.717, 1.165) is 30.5 Å². The molecule has 3 rings (SSSR count). The Hall–Kier alpha value is -2.54. The summed E-state index contributed by atoms with van der Waals surface area (Å²) in [6, 6.07) is 7.28. The topological polar surface area (TPSA) is 81.9 Å². The van der Waals surface area contributed by atoms with E-state index in [2.05, 4.69) is 4.98 Å². The molecular weight excluding hydrogens is 432 g/mol. The SMILES string of the molecule is CCOC(=O)C(CC)C1CCN(C(=O)OCCc2nc(-c3ccc(Cl)cc3)oc2C)CC1. The molecule has 0 N–H and O–H groups in total. The highest BCUT2D eigenvalue weighted by molar-refractivity contribution is 6.30. The Morgan fingerprint density at radius 2 is 1.88 bits per heavy atom. The second-order valence-electron chi connectivity index (χ2n) is 7.98. The molecule has 2 heterocycles. The zero-order valence-electron chi connectivity index (χ0n) is 18.9. The molecular formula is C24H31ClN2O5. The smallest absolute Gasteiger partial charge is 0.409 e. The summed E-state index contributed by atoms with van der Waals surface area (Å²) in [6.07, 6.45) is 2.46. The second kappa shape index (κ2) is 11.4. The van der Waals surface area contributed by atoms with E-state index in [1.807, 2.05) is 32.9 Å². The fourth-order valence-corrected chi connectivity index (χ4v) is 4.25. The van der Waals surface area contributed by atoms with Gasteiger partial charge in [-0.1, -0.05) is 18.5 Å². The van der Waals surface area contributed by atoms with Crippen LogP contribution in [-0.4, -0.2) is 48.2 Å². The van der Waals surface area contributed by atoms with Crippen molar-refractivity contribution in [3.8, 4) is 11.5 Å². The molecule has 1 fully saturated rings. The van der Waals surface area contributed by atoms with Gasteiger partial charge in [0.05, 0.1) is 24.8 Å². The summed E-state index contributed by atoms with van der Waals surface area (Å²) < 4.78 is 16.4. The normalized spacial score (nSPS) is 15.4. The van der Waals surface area contributed by atoms with Crippen molar-refractivity contribution in [2.45, 2.75) is 46.5 Å². The third-order valence-electron chi connectivity index (χ3n) is 5.94. The molecule has 0 aliphatic carbocycles. The van der Waals surface area contributed by atoms with E-state index < -0.39 is 0 Å². The summed E-state index contributed by atoms with van der Waals surface area (Å²) in [5.74, 6) is 1.24. The lowest BCUT2D eigenvalue weighted by atomic mass is 9.83. The number of amides is 1. The van der Waals surface area contributed by atoms with E-state index in [9.17, 15) is 9.59 Å². The third kappa shape index (κ3) is 6.03. The summed E-state index contributed by atoms with van der Waals surface area (Å²) in [7, 11) is 0. The van der Waals surface area contributed by atoms with Crippen LogP contribution in [0.15, 0.2) is 28.7 Å². The van der Waals surface area contributed by atoms with Crippen molar-refractivity contribution < 1.29 is 23.5 Å². The molecule has 1 amide bonds. The van der Waals surface area contributed by atoms with Gasteiger partial charge >= 0.3 is 12.1 Å². The van der Waals surface area contributed by atoms with Crippen LogP contribution in [0.3, 0.4) is 0 Å². The average molecular weight is 463 g/mol. The van der Waals surface area contributed by atoms with Crippen molar-refractivity contribution in [1.82, 2.24) is 9.88 Å². The van der Waals surface area contributed by atoms with Crippen LogP contribution in [0.5, 0.6) is 0 Å². The summed E-state index contributed by atoms with van der Waals surface area (Å²) >= 11 is 5.93. The molecule has 8 heteroatoms. The molecule has 32 heavy (non-hydrogen) atoms. The van der Waals surface area contributed by atoms with Gasteiger partial charge in [-0.25, -0.2) is 9.78 Å². The number of ether oxygens (including phenoxy) is 2. The number of nitrogens with zero attached hydrogens (tertiary/aromatic N) is 2. The minimum Gasteiger partial charge on any atom is -0.466 e. The number of benzene rings is 1. The van der Waals surface area contributed by atoms with Gasteiger partial charge in [-0.2, -0.15) is 0 Å². The molecule has 1 aliphatic rings. The van der Waals surface area contributed by atoms with Crippen molar-refractivity contribution in [3.05, 3.63) is 40.7 Å². The highest BCUT2D eigenvalue weighted by Crippen LogP contribution is 2.29. The number of aryl methyl sites for hydroxylation is 1. The lowest BCUT2D eigenvalue weighted by Gasteiger charge is -2.34. The Labute approximate surface area is 194 Å². The van der Waals surface area contributed by atoms with Gasteiger partial charge in [0.2, 0.25) is 5.89 Å². The van der Waals surface area contributed by atoms with E-state index in [1.54, 1.807) is 17.0 Å². The van der Waals surface area contributed by atoms with Crippen LogP contribution in [0.2, 0.25) is 5.02 Å². The number of esters is 1. The summed E-state index contributed by atoms with van der Waals surface area (Å²) in [4.78, 5) is 30.9. The lowest BCUT2D eigenvalue weighted by molar-refractivity contribution is -0.150. The molecule has 0 bridgehead atoms. The molecule has 2 aromatic rings. The molecule has 1 unspecified atom stereocenters. The third-order valence-corrected chi connectivity index (χ3v) is 6.20. The van der Waals surface area contributed by atoms with Crippen molar-refractivity contribution in [3.63, 3.8) is 0 Å². The molecule has 0 spiro atoms. The maximum atomic E-state index is 12.5. The molecule has 1 aromatic heterocycles. The summed E-state index contributed by atoms with van der Waals surface area (Å²) in [5, 5.41) is 0.652. The number of aromatic nitrogens is 1. The average Bonchev–Trinajstić information content (AvgIpc) is 3.16. The van der Waals surface area contributed by atoms with Crippen LogP contribution in [0, 0.1) is 18.8 Å². The highest BCUT2D eigenvalue weighted by Gasteiger charge is 2.32. The van der Waals surface area contributed by atoms with Crippen molar-refractivity contribution >= 4 is 23.7 Å². The minimum absolute atomic E-state index is 0.0990.